The molecule has 0 amide bonds. The molecule has 226 valence electrons. The Balaban J connectivity index is 1.13. The van der Waals surface area contributed by atoms with Crippen molar-refractivity contribution in [3.63, 3.8) is 0 Å². The number of hydrogen-bond acceptors (Lipinski definition) is 5. The van der Waals surface area contributed by atoms with Crippen molar-refractivity contribution in [3.05, 3.63) is 120 Å². The van der Waals surface area contributed by atoms with Gasteiger partial charge in [-0.2, -0.15) is 0 Å². The second kappa shape index (κ2) is 9.65. The lowest BCUT2D eigenvalue weighted by atomic mass is 9.43. The van der Waals surface area contributed by atoms with E-state index in [1.165, 1.54) is 69.0 Å². The minimum Gasteiger partial charge on any atom is -0.252 e. The third kappa shape index (κ3) is 3.64. The first-order valence-corrected chi connectivity index (χ1v) is 17.9. The van der Waals surface area contributed by atoms with Crippen molar-refractivity contribution in [2.75, 3.05) is 0 Å². The van der Waals surface area contributed by atoms with Gasteiger partial charge < -0.3 is 0 Å². The molecule has 12 rings (SSSR count). The number of pyridine rings is 1. The molecule has 5 aliphatic carbocycles. The van der Waals surface area contributed by atoms with E-state index in [1.807, 2.05) is 29.5 Å². The molecule has 0 atom stereocenters. The average molecular weight is 625 g/mol. The van der Waals surface area contributed by atoms with E-state index in [1.54, 1.807) is 5.56 Å². The van der Waals surface area contributed by atoms with Gasteiger partial charge in [0.1, 0.15) is 5.69 Å². The zero-order valence-corrected chi connectivity index (χ0v) is 26.8. The van der Waals surface area contributed by atoms with Gasteiger partial charge in [-0.05, 0) is 90.7 Å². The second-order valence-corrected chi connectivity index (χ2v) is 15.3. The second-order valence-electron chi connectivity index (χ2n) is 14.3. The largest absolute Gasteiger partial charge is 0.252 e. The molecule has 4 aromatic carbocycles. The van der Waals surface area contributed by atoms with Gasteiger partial charge in [0.05, 0.1) is 0 Å². The van der Waals surface area contributed by atoms with Crippen molar-refractivity contribution in [2.45, 2.75) is 37.5 Å². The van der Waals surface area contributed by atoms with Gasteiger partial charge in [-0.25, -0.2) is 15.0 Å². The summed E-state index contributed by atoms with van der Waals surface area (Å²) >= 11 is 1.81. The van der Waals surface area contributed by atoms with E-state index in [0.29, 0.717) is 29.3 Å². The first-order chi connectivity index (χ1) is 23.2. The number of thiophene rings is 1. The van der Waals surface area contributed by atoms with E-state index < -0.39 is 0 Å². The number of fused-ring (bicyclic) bond motifs is 6. The predicted molar refractivity (Wildman–Crippen MR) is 190 cm³/mol. The zero-order chi connectivity index (χ0) is 30.7. The molecule has 47 heavy (non-hydrogen) atoms. The Bertz CT molecular complexity index is 2360. The molecule has 4 bridgehead atoms. The lowest BCUT2D eigenvalue weighted by Crippen LogP contribution is -2.55. The molecular formula is C42H32N4S. The molecule has 4 fully saturated rings. The fourth-order valence-electron chi connectivity index (χ4n) is 10.4. The molecule has 5 aliphatic rings. The monoisotopic (exact) mass is 624 g/mol. The van der Waals surface area contributed by atoms with Crippen molar-refractivity contribution in [1.29, 1.82) is 0 Å². The van der Waals surface area contributed by atoms with Crippen molar-refractivity contribution >= 4 is 31.5 Å². The average Bonchev–Trinajstić information content (AvgIpc) is 3.64. The lowest BCUT2D eigenvalue weighted by molar-refractivity contribution is -0.0399. The molecule has 1 spiro atoms. The summed E-state index contributed by atoms with van der Waals surface area (Å²) in [5.74, 6) is 5.20. The van der Waals surface area contributed by atoms with Crippen LogP contribution in [0.4, 0.5) is 0 Å². The Kier molecular flexibility index (Phi) is 5.41. The molecule has 3 heterocycles. The molecule has 0 saturated heterocycles. The summed E-state index contributed by atoms with van der Waals surface area (Å²) in [6.07, 6.45) is 8.98. The van der Waals surface area contributed by atoms with Crippen molar-refractivity contribution in [2.24, 2.45) is 23.7 Å². The van der Waals surface area contributed by atoms with Gasteiger partial charge in [0.25, 0.3) is 0 Å². The molecule has 4 nitrogen and oxygen atoms in total. The van der Waals surface area contributed by atoms with Crippen molar-refractivity contribution in [3.8, 4) is 45.4 Å². The third-order valence-corrected chi connectivity index (χ3v) is 13.2. The van der Waals surface area contributed by atoms with Gasteiger partial charge in [-0.15, -0.1) is 11.3 Å². The van der Waals surface area contributed by atoms with Crippen LogP contribution in [-0.2, 0) is 5.41 Å². The standard InChI is InChI=1S/C42H32N4S/c1-2-9-26(10-3-1)39-44-40(32-14-8-13-31-30-12-5-7-16-37(30)47-38(31)32)46-41(45-39)36-22-35-33(23-43-36)29-11-4-6-15-34(29)42(35)27-18-24-17-25(20-27)21-28(42)19-24/h1-16,22-25,27-28H,17-21H2. The molecule has 4 saturated carbocycles. The van der Waals surface area contributed by atoms with E-state index in [-0.39, 0.29) is 5.41 Å². The number of aromatic nitrogens is 4. The first kappa shape index (κ1) is 26.3. The zero-order valence-electron chi connectivity index (χ0n) is 25.9. The van der Waals surface area contributed by atoms with E-state index in [9.17, 15) is 0 Å². The molecular weight excluding hydrogens is 593 g/mol. The predicted octanol–water partition coefficient (Wildman–Crippen LogP) is 10.4. The van der Waals surface area contributed by atoms with Crippen LogP contribution in [0.3, 0.4) is 0 Å². The summed E-state index contributed by atoms with van der Waals surface area (Å²) in [4.78, 5) is 20.6. The number of rotatable bonds is 3. The van der Waals surface area contributed by atoms with Gasteiger partial charge in [-0.3, -0.25) is 4.98 Å². The van der Waals surface area contributed by atoms with Crippen LogP contribution in [0.1, 0.15) is 43.2 Å². The third-order valence-electron chi connectivity index (χ3n) is 12.0. The molecule has 0 aliphatic heterocycles. The van der Waals surface area contributed by atoms with Crippen LogP contribution in [-0.4, -0.2) is 19.9 Å². The van der Waals surface area contributed by atoms with Gasteiger partial charge in [-0.1, -0.05) is 84.9 Å². The van der Waals surface area contributed by atoms with E-state index in [2.05, 4.69) is 91.1 Å². The topological polar surface area (TPSA) is 51.6 Å². The number of nitrogens with zero attached hydrogens (tertiary/aromatic N) is 4. The van der Waals surface area contributed by atoms with Crippen LogP contribution in [0.25, 0.3) is 65.6 Å². The summed E-state index contributed by atoms with van der Waals surface area (Å²) in [5, 5.41) is 2.51. The van der Waals surface area contributed by atoms with Crippen LogP contribution < -0.4 is 0 Å². The molecule has 3 aromatic heterocycles. The maximum absolute atomic E-state index is 5.24. The Morgan fingerprint density at radius 1 is 0.553 bits per heavy atom. The minimum absolute atomic E-state index is 0.0673. The molecule has 5 heteroatoms. The smallest absolute Gasteiger partial charge is 0.182 e. The van der Waals surface area contributed by atoms with Crippen LogP contribution >= 0.6 is 11.3 Å². The molecule has 0 radical (unpaired) electrons. The highest BCUT2D eigenvalue weighted by Crippen LogP contribution is 2.69. The first-order valence-electron chi connectivity index (χ1n) is 17.1. The van der Waals surface area contributed by atoms with Crippen LogP contribution in [0, 0.1) is 23.7 Å². The summed E-state index contributed by atoms with van der Waals surface area (Å²) < 4.78 is 2.48. The fraction of sp³-hybridized carbons (Fsp3) is 0.238. The SMILES string of the molecule is c1ccc(-c2nc(-c3cc4c(cn3)-c3ccccc3C43C4CC5CC(C4)CC3C5)nc(-c3cccc4c3sc3ccccc34)n2)cc1. The normalized spacial score (nSPS) is 25.1. The highest BCUT2D eigenvalue weighted by molar-refractivity contribution is 7.26. The molecule has 0 N–H and O–H groups in total. The Hall–Kier alpha value is -4.74. The quantitative estimate of drug-likeness (QED) is 0.196. The lowest BCUT2D eigenvalue weighted by Gasteiger charge is -2.61. The van der Waals surface area contributed by atoms with E-state index in [0.717, 1.165) is 28.7 Å². The van der Waals surface area contributed by atoms with Crippen molar-refractivity contribution < 1.29 is 0 Å². The number of hydrogen-bond donors (Lipinski definition) is 0. The van der Waals surface area contributed by atoms with Crippen LogP contribution in [0.2, 0.25) is 0 Å². The summed E-state index contributed by atoms with van der Waals surface area (Å²) in [6.45, 7) is 0. The maximum atomic E-state index is 5.24. The van der Waals surface area contributed by atoms with Gasteiger partial charge in [0.15, 0.2) is 17.5 Å². The highest BCUT2D eigenvalue weighted by atomic mass is 32.1. The Labute approximate surface area is 277 Å². The number of benzene rings is 4. The Morgan fingerprint density at radius 3 is 2.09 bits per heavy atom. The fourth-order valence-corrected chi connectivity index (χ4v) is 11.6. The summed E-state index contributed by atoms with van der Waals surface area (Å²) in [7, 11) is 0. The van der Waals surface area contributed by atoms with Crippen LogP contribution in [0.5, 0.6) is 0 Å². The van der Waals surface area contributed by atoms with Gasteiger partial charge >= 0.3 is 0 Å². The molecule has 7 aromatic rings. The van der Waals surface area contributed by atoms with E-state index >= 15 is 0 Å². The van der Waals surface area contributed by atoms with Crippen LogP contribution in [0.15, 0.2) is 109 Å². The van der Waals surface area contributed by atoms with Gasteiger partial charge in [0.2, 0.25) is 0 Å². The minimum atomic E-state index is 0.0673. The van der Waals surface area contributed by atoms with Crippen molar-refractivity contribution in [1.82, 2.24) is 19.9 Å². The summed E-state index contributed by atoms with van der Waals surface area (Å²) in [6, 6.07) is 37.0. The highest BCUT2D eigenvalue weighted by Gasteiger charge is 2.61. The molecule has 0 unspecified atom stereocenters. The Morgan fingerprint density at radius 2 is 1.23 bits per heavy atom. The summed E-state index contributed by atoms with van der Waals surface area (Å²) in [5.41, 5.74) is 8.62. The van der Waals surface area contributed by atoms with Gasteiger partial charge in [0, 0.05) is 48.5 Å². The van der Waals surface area contributed by atoms with E-state index in [4.69, 9.17) is 19.9 Å². The maximum Gasteiger partial charge on any atom is 0.182 e.